The van der Waals surface area contributed by atoms with Gasteiger partial charge in [0, 0.05) is 12.2 Å². The van der Waals surface area contributed by atoms with Crippen molar-refractivity contribution in [3.8, 4) is 0 Å². The van der Waals surface area contributed by atoms with Crippen molar-refractivity contribution in [3.63, 3.8) is 0 Å². The maximum atomic E-state index is 12.9. The molecule has 0 amide bonds. The first-order valence-corrected chi connectivity index (χ1v) is 10.1. The average Bonchev–Trinajstić information content (AvgIpc) is 2.78. The molecule has 2 heterocycles. The Hall–Kier alpha value is -0.570. The molecule has 8 heteroatoms. The summed E-state index contributed by atoms with van der Waals surface area (Å²) in [4.78, 5) is 0.287. The van der Waals surface area contributed by atoms with Gasteiger partial charge in [0.1, 0.15) is 4.90 Å². The van der Waals surface area contributed by atoms with Gasteiger partial charge in [-0.1, -0.05) is 6.07 Å². The van der Waals surface area contributed by atoms with E-state index in [1.807, 2.05) is 12.1 Å². The van der Waals surface area contributed by atoms with E-state index in [0.717, 1.165) is 22.2 Å². The summed E-state index contributed by atoms with van der Waals surface area (Å²) in [6.45, 7) is 0.471. The van der Waals surface area contributed by atoms with Crippen LogP contribution in [0.2, 0.25) is 0 Å². The molecule has 3 rings (SSSR count). The Morgan fingerprint density at radius 2 is 2.05 bits per heavy atom. The molecule has 4 nitrogen and oxygen atoms in total. The van der Waals surface area contributed by atoms with E-state index < -0.39 is 10.0 Å². The van der Waals surface area contributed by atoms with Gasteiger partial charge < -0.3 is 5.73 Å². The Kier molecular flexibility index (Phi) is 4.06. The first-order valence-electron chi connectivity index (χ1n) is 6.26. The quantitative estimate of drug-likeness (QED) is 0.702. The van der Waals surface area contributed by atoms with Crippen LogP contribution in [0.4, 0.5) is 11.4 Å². The van der Waals surface area contributed by atoms with Crippen LogP contribution in [0.25, 0.3) is 0 Å². The first-order chi connectivity index (χ1) is 9.91. The first kappa shape index (κ1) is 15.3. The second-order valence-electron chi connectivity index (χ2n) is 4.71. The summed E-state index contributed by atoms with van der Waals surface area (Å²) in [5.74, 6) is 0. The average molecular weight is 452 g/mol. The molecule has 0 radical (unpaired) electrons. The number of anilines is 2. The number of fused-ring (bicyclic) bond motifs is 1. The molecule has 2 aromatic rings. The number of nitrogens with two attached hydrogens (primary N) is 1. The lowest BCUT2D eigenvalue weighted by Crippen LogP contribution is -2.35. The Bertz CT molecular complexity index is 802. The third-order valence-electron chi connectivity index (χ3n) is 3.44. The van der Waals surface area contributed by atoms with Gasteiger partial charge in [0.2, 0.25) is 0 Å². The van der Waals surface area contributed by atoms with Crippen molar-refractivity contribution < 1.29 is 8.42 Å². The number of halogens is 2. The van der Waals surface area contributed by atoms with Crippen LogP contribution in [0.3, 0.4) is 0 Å². The van der Waals surface area contributed by atoms with Gasteiger partial charge in [-0.25, -0.2) is 8.42 Å². The van der Waals surface area contributed by atoms with Crippen molar-refractivity contribution in [2.75, 3.05) is 16.6 Å². The zero-order valence-corrected chi connectivity index (χ0v) is 15.6. The third-order valence-corrected chi connectivity index (χ3v) is 8.01. The van der Waals surface area contributed by atoms with Crippen LogP contribution >= 0.6 is 43.2 Å². The van der Waals surface area contributed by atoms with Crippen molar-refractivity contribution in [1.29, 1.82) is 0 Å². The van der Waals surface area contributed by atoms with Crippen LogP contribution in [0, 0.1) is 0 Å². The van der Waals surface area contributed by atoms with Crippen molar-refractivity contribution in [2.24, 2.45) is 0 Å². The molecule has 0 unspecified atom stereocenters. The number of thiophene rings is 1. The van der Waals surface area contributed by atoms with Crippen LogP contribution in [-0.4, -0.2) is 15.0 Å². The van der Waals surface area contributed by atoms with Crippen LogP contribution in [-0.2, 0) is 16.4 Å². The minimum atomic E-state index is -3.59. The highest BCUT2D eigenvalue weighted by Gasteiger charge is 2.32. The van der Waals surface area contributed by atoms with E-state index in [1.54, 1.807) is 12.1 Å². The molecule has 0 saturated heterocycles. The highest BCUT2D eigenvalue weighted by molar-refractivity contribution is 9.12. The van der Waals surface area contributed by atoms with Crippen molar-refractivity contribution in [3.05, 3.63) is 37.4 Å². The number of hydrogen-bond acceptors (Lipinski definition) is 4. The Labute approximate surface area is 144 Å². The molecule has 0 aliphatic carbocycles. The molecule has 1 aromatic carbocycles. The third kappa shape index (κ3) is 2.62. The number of sulfonamides is 1. The molecular weight excluding hydrogens is 440 g/mol. The molecule has 21 heavy (non-hydrogen) atoms. The predicted molar refractivity (Wildman–Crippen MR) is 93.4 cm³/mol. The van der Waals surface area contributed by atoms with Gasteiger partial charge in [0.15, 0.2) is 0 Å². The van der Waals surface area contributed by atoms with E-state index in [0.29, 0.717) is 21.7 Å². The summed E-state index contributed by atoms with van der Waals surface area (Å²) in [6, 6.07) is 7.05. The van der Waals surface area contributed by atoms with E-state index in [2.05, 4.69) is 31.9 Å². The topological polar surface area (TPSA) is 63.4 Å². The lowest BCUT2D eigenvalue weighted by Gasteiger charge is -2.31. The summed E-state index contributed by atoms with van der Waals surface area (Å²) >= 11 is 8.01. The molecule has 2 N–H and O–H groups in total. The van der Waals surface area contributed by atoms with E-state index in [4.69, 9.17) is 5.73 Å². The van der Waals surface area contributed by atoms with Crippen molar-refractivity contribution in [2.45, 2.75) is 17.7 Å². The molecule has 0 atom stereocenters. The number of nitrogens with zero attached hydrogens (tertiary/aromatic N) is 1. The van der Waals surface area contributed by atoms with E-state index in [9.17, 15) is 8.42 Å². The SMILES string of the molecule is Nc1cccc2c1CCCN2S(=O)(=O)c1cc(Br)sc1Br. The van der Waals surface area contributed by atoms with Gasteiger partial charge in [-0.15, -0.1) is 11.3 Å². The van der Waals surface area contributed by atoms with E-state index in [-0.39, 0.29) is 4.90 Å². The lowest BCUT2D eigenvalue weighted by molar-refractivity contribution is 0.586. The van der Waals surface area contributed by atoms with Crippen LogP contribution in [0.5, 0.6) is 0 Å². The maximum Gasteiger partial charge on any atom is 0.266 e. The second-order valence-corrected chi connectivity index (χ2v) is 10.3. The number of benzene rings is 1. The highest BCUT2D eigenvalue weighted by Crippen LogP contribution is 2.40. The fourth-order valence-electron chi connectivity index (χ4n) is 2.49. The van der Waals surface area contributed by atoms with Gasteiger partial charge in [-0.05, 0) is 68.5 Å². The van der Waals surface area contributed by atoms with E-state index in [1.165, 1.54) is 15.6 Å². The van der Waals surface area contributed by atoms with Gasteiger partial charge in [-0.3, -0.25) is 4.31 Å². The number of rotatable bonds is 2. The Morgan fingerprint density at radius 3 is 2.71 bits per heavy atom. The standard InChI is InChI=1S/C13H12Br2N2O2S2/c14-12-7-11(13(15)20-12)21(18,19)17-6-2-3-8-9(16)4-1-5-10(8)17/h1,4-5,7H,2-3,6,16H2. The molecular formula is C13H12Br2N2O2S2. The minimum absolute atomic E-state index is 0.287. The molecule has 0 saturated carbocycles. The zero-order chi connectivity index (χ0) is 15.2. The molecule has 112 valence electrons. The summed E-state index contributed by atoms with van der Waals surface area (Å²) in [6.07, 6.45) is 1.58. The fraction of sp³-hybridized carbons (Fsp3) is 0.231. The molecule has 0 bridgehead atoms. The zero-order valence-electron chi connectivity index (χ0n) is 10.8. The normalized spacial score (nSPS) is 15.0. The lowest BCUT2D eigenvalue weighted by atomic mass is 10.0. The van der Waals surface area contributed by atoms with Crippen LogP contribution in [0.1, 0.15) is 12.0 Å². The van der Waals surface area contributed by atoms with Gasteiger partial charge in [-0.2, -0.15) is 0 Å². The van der Waals surface area contributed by atoms with Gasteiger partial charge in [0.05, 0.1) is 13.3 Å². The smallest absolute Gasteiger partial charge is 0.266 e. The molecule has 0 spiro atoms. The maximum absolute atomic E-state index is 12.9. The summed E-state index contributed by atoms with van der Waals surface area (Å²) in [7, 11) is -3.59. The van der Waals surface area contributed by atoms with E-state index >= 15 is 0 Å². The van der Waals surface area contributed by atoms with Crippen LogP contribution < -0.4 is 10.0 Å². The summed E-state index contributed by atoms with van der Waals surface area (Å²) in [5, 5.41) is 0. The van der Waals surface area contributed by atoms with Crippen LogP contribution in [0.15, 0.2) is 36.7 Å². The van der Waals surface area contributed by atoms with Gasteiger partial charge >= 0.3 is 0 Å². The second kappa shape index (κ2) is 5.57. The van der Waals surface area contributed by atoms with Crippen molar-refractivity contribution in [1.82, 2.24) is 0 Å². The number of hydrogen-bond donors (Lipinski definition) is 1. The molecule has 0 fully saturated rings. The predicted octanol–water partition coefficient (Wildman–Crippen LogP) is 4.00. The fourth-order valence-corrected chi connectivity index (χ4v) is 7.79. The van der Waals surface area contributed by atoms with Gasteiger partial charge in [0.25, 0.3) is 10.0 Å². The van der Waals surface area contributed by atoms with Crippen molar-refractivity contribution >= 4 is 64.6 Å². The molecule has 1 aliphatic heterocycles. The Balaban J connectivity index is 2.14. The monoisotopic (exact) mass is 450 g/mol. The highest BCUT2D eigenvalue weighted by atomic mass is 79.9. The Morgan fingerprint density at radius 1 is 1.29 bits per heavy atom. The molecule has 1 aliphatic rings. The summed E-state index contributed by atoms with van der Waals surface area (Å²) < 4.78 is 28.7. The number of nitrogen functional groups attached to an aromatic ring is 1. The molecule has 1 aromatic heterocycles. The minimum Gasteiger partial charge on any atom is -0.398 e. The largest absolute Gasteiger partial charge is 0.398 e. The summed E-state index contributed by atoms with van der Waals surface area (Å²) in [5.41, 5.74) is 8.24.